The van der Waals surface area contributed by atoms with Crippen LogP contribution in [0.5, 0.6) is 5.75 Å². The lowest BCUT2D eigenvalue weighted by Crippen LogP contribution is -2.00. The number of aryl methyl sites for hydroxylation is 1. The van der Waals surface area contributed by atoms with E-state index >= 15 is 0 Å². The van der Waals surface area contributed by atoms with E-state index in [4.69, 9.17) is 20.8 Å². The van der Waals surface area contributed by atoms with Gasteiger partial charge in [-0.05, 0) is 31.2 Å². The van der Waals surface area contributed by atoms with E-state index in [0.717, 1.165) is 5.56 Å². The molecule has 0 bridgehead atoms. The number of halogens is 1. The molecule has 3 aromatic rings. The molecule has 0 spiro atoms. The summed E-state index contributed by atoms with van der Waals surface area (Å²) < 4.78 is 11.3. The van der Waals surface area contributed by atoms with Crippen molar-refractivity contribution < 1.29 is 9.15 Å². The molecule has 0 amide bonds. The first-order valence-corrected chi connectivity index (χ1v) is 8.49. The Morgan fingerprint density at radius 3 is 2.65 bits per heavy atom. The Bertz CT molecular complexity index is 774. The standard InChI is InChI=1S/C17H15ClN2O2S/c1-12-6-8-13(9-7-12)16-19-20-17(22-16)23-11-10-21-15-5-3-2-4-14(15)18/h2-9H,10-11H2,1H3. The van der Waals surface area contributed by atoms with Crippen molar-refractivity contribution in [3.05, 3.63) is 59.1 Å². The predicted molar refractivity (Wildman–Crippen MR) is 92.1 cm³/mol. The fourth-order valence-electron chi connectivity index (χ4n) is 1.92. The summed E-state index contributed by atoms with van der Waals surface area (Å²) in [5, 5.41) is 9.25. The summed E-state index contributed by atoms with van der Waals surface area (Å²) in [6.45, 7) is 2.55. The minimum Gasteiger partial charge on any atom is -0.491 e. The summed E-state index contributed by atoms with van der Waals surface area (Å²) in [4.78, 5) is 0. The van der Waals surface area contributed by atoms with Gasteiger partial charge in [-0.25, -0.2) is 0 Å². The van der Waals surface area contributed by atoms with Crippen LogP contribution < -0.4 is 4.74 Å². The highest BCUT2D eigenvalue weighted by molar-refractivity contribution is 7.99. The van der Waals surface area contributed by atoms with E-state index in [2.05, 4.69) is 10.2 Å². The average molecular weight is 347 g/mol. The fraction of sp³-hybridized carbons (Fsp3) is 0.176. The number of aromatic nitrogens is 2. The molecular weight excluding hydrogens is 332 g/mol. The Balaban J connectivity index is 1.52. The molecule has 0 saturated carbocycles. The zero-order valence-electron chi connectivity index (χ0n) is 12.5. The second-order valence-corrected chi connectivity index (χ2v) is 6.32. The third-order valence-electron chi connectivity index (χ3n) is 3.11. The second kappa shape index (κ2) is 7.53. The number of para-hydroxylation sites is 1. The van der Waals surface area contributed by atoms with Crippen LogP contribution in [0.3, 0.4) is 0 Å². The van der Waals surface area contributed by atoms with Crippen LogP contribution in [0.4, 0.5) is 0 Å². The van der Waals surface area contributed by atoms with E-state index < -0.39 is 0 Å². The highest BCUT2D eigenvalue weighted by Crippen LogP contribution is 2.25. The van der Waals surface area contributed by atoms with Crippen LogP contribution in [0.25, 0.3) is 11.5 Å². The molecule has 0 aliphatic rings. The van der Waals surface area contributed by atoms with Gasteiger partial charge in [0.25, 0.3) is 5.22 Å². The molecule has 0 aliphatic carbocycles. The van der Waals surface area contributed by atoms with Crippen molar-refractivity contribution in [2.75, 3.05) is 12.4 Å². The SMILES string of the molecule is Cc1ccc(-c2nnc(SCCOc3ccccc3Cl)o2)cc1. The van der Waals surface area contributed by atoms with Gasteiger partial charge in [0.2, 0.25) is 5.89 Å². The molecule has 1 heterocycles. The number of thioether (sulfide) groups is 1. The van der Waals surface area contributed by atoms with Gasteiger partial charge in [-0.3, -0.25) is 0 Å². The van der Waals surface area contributed by atoms with E-state index in [1.54, 1.807) is 6.07 Å². The Hall–Kier alpha value is -1.98. The van der Waals surface area contributed by atoms with Crippen LogP contribution in [-0.2, 0) is 0 Å². The summed E-state index contributed by atoms with van der Waals surface area (Å²) in [7, 11) is 0. The van der Waals surface area contributed by atoms with Crippen LogP contribution in [0.15, 0.2) is 58.2 Å². The number of ether oxygens (including phenoxy) is 1. The van der Waals surface area contributed by atoms with Gasteiger partial charge in [0.1, 0.15) is 5.75 Å². The highest BCUT2D eigenvalue weighted by atomic mass is 35.5. The summed E-state index contributed by atoms with van der Waals surface area (Å²) in [6.07, 6.45) is 0. The maximum atomic E-state index is 6.03. The largest absolute Gasteiger partial charge is 0.491 e. The smallest absolute Gasteiger partial charge is 0.276 e. The lowest BCUT2D eigenvalue weighted by Gasteiger charge is -2.06. The van der Waals surface area contributed by atoms with E-state index in [0.29, 0.717) is 34.2 Å². The molecular formula is C17H15ClN2O2S. The molecule has 0 aliphatic heterocycles. The van der Waals surface area contributed by atoms with Crippen LogP contribution in [0.2, 0.25) is 5.02 Å². The van der Waals surface area contributed by atoms with Gasteiger partial charge in [0.15, 0.2) is 0 Å². The normalized spacial score (nSPS) is 10.7. The fourth-order valence-corrected chi connectivity index (χ4v) is 2.69. The van der Waals surface area contributed by atoms with Crippen molar-refractivity contribution in [2.45, 2.75) is 12.1 Å². The minimum atomic E-state index is 0.511. The van der Waals surface area contributed by atoms with Crippen molar-refractivity contribution in [2.24, 2.45) is 0 Å². The van der Waals surface area contributed by atoms with Gasteiger partial charge >= 0.3 is 0 Å². The van der Waals surface area contributed by atoms with E-state index in [-0.39, 0.29) is 0 Å². The van der Waals surface area contributed by atoms with Crippen molar-refractivity contribution >= 4 is 23.4 Å². The minimum absolute atomic E-state index is 0.511. The Morgan fingerprint density at radius 1 is 1.09 bits per heavy atom. The van der Waals surface area contributed by atoms with E-state index in [1.807, 2.05) is 49.4 Å². The first kappa shape index (κ1) is 15.9. The van der Waals surface area contributed by atoms with Crippen molar-refractivity contribution in [3.63, 3.8) is 0 Å². The molecule has 0 atom stereocenters. The average Bonchev–Trinajstić information content (AvgIpc) is 3.03. The molecule has 0 saturated heterocycles. The summed E-state index contributed by atoms with van der Waals surface area (Å²) in [5.41, 5.74) is 2.11. The lowest BCUT2D eigenvalue weighted by atomic mass is 10.1. The maximum absolute atomic E-state index is 6.03. The van der Waals surface area contributed by atoms with Gasteiger partial charge in [-0.2, -0.15) is 0 Å². The molecule has 23 heavy (non-hydrogen) atoms. The van der Waals surface area contributed by atoms with Gasteiger partial charge in [0.05, 0.1) is 11.6 Å². The van der Waals surface area contributed by atoms with Crippen molar-refractivity contribution in [1.29, 1.82) is 0 Å². The number of nitrogens with zero attached hydrogens (tertiary/aromatic N) is 2. The van der Waals surface area contributed by atoms with E-state index in [9.17, 15) is 0 Å². The second-order valence-electron chi connectivity index (χ2n) is 4.87. The lowest BCUT2D eigenvalue weighted by molar-refractivity contribution is 0.343. The number of hydrogen-bond donors (Lipinski definition) is 0. The monoisotopic (exact) mass is 346 g/mol. The van der Waals surface area contributed by atoms with Crippen LogP contribution in [0, 0.1) is 6.92 Å². The molecule has 0 N–H and O–H groups in total. The topological polar surface area (TPSA) is 48.2 Å². The van der Waals surface area contributed by atoms with Crippen molar-refractivity contribution in [1.82, 2.24) is 10.2 Å². The van der Waals surface area contributed by atoms with Gasteiger partial charge < -0.3 is 9.15 Å². The van der Waals surface area contributed by atoms with Gasteiger partial charge in [-0.1, -0.05) is 53.2 Å². The van der Waals surface area contributed by atoms with Crippen LogP contribution in [-0.4, -0.2) is 22.6 Å². The molecule has 0 radical (unpaired) electrons. The van der Waals surface area contributed by atoms with Gasteiger partial charge in [-0.15, -0.1) is 10.2 Å². The number of benzene rings is 2. The third-order valence-corrected chi connectivity index (χ3v) is 4.20. The molecule has 0 fully saturated rings. The summed E-state index contributed by atoms with van der Waals surface area (Å²) >= 11 is 7.49. The molecule has 3 rings (SSSR count). The Labute approximate surface area is 143 Å². The predicted octanol–water partition coefficient (Wildman–Crippen LogP) is 4.87. The molecule has 6 heteroatoms. The zero-order chi connectivity index (χ0) is 16.1. The molecule has 0 unspecified atom stereocenters. The van der Waals surface area contributed by atoms with E-state index in [1.165, 1.54) is 17.3 Å². The third kappa shape index (κ3) is 4.27. The number of rotatable bonds is 6. The molecule has 1 aromatic heterocycles. The highest BCUT2D eigenvalue weighted by Gasteiger charge is 2.09. The van der Waals surface area contributed by atoms with Gasteiger partial charge in [0, 0.05) is 11.3 Å². The quantitative estimate of drug-likeness (QED) is 0.470. The first-order chi connectivity index (χ1) is 11.2. The Kier molecular flexibility index (Phi) is 5.20. The van der Waals surface area contributed by atoms with Crippen molar-refractivity contribution in [3.8, 4) is 17.2 Å². The summed E-state index contributed by atoms with van der Waals surface area (Å²) in [5.74, 6) is 1.90. The first-order valence-electron chi connectivity index (χ1n) is 7.13. The van der Waals surface area contributed by atoms with Crippen LogP contribution in [0.1, 0.15) is 5.56 Å². The molecule has 2 aromatic carbocycles. The zero-order valence-corrected chi connectivity index (χ0v) is 14.1. The maximum Gasteiger partial charge on any atom is 0.276 e. The van der Waals surface area contributed by atoms with Crippen LogP contribution >= 0.6 is 23.4 Å². The molecule has 4 nitrogen and oxygen atoms in total. The molecule has 118 valence electrons. The summed E-state index contributed by atoms with van der Waals surface area (Å²) in [6, 6.07) is 15.4. The number of hydrogen-bond acceptors (Lipinski definition) is 5. The Morgan fingerprint density at radius 2 is 1.87 bits per heavy atom.